The molecule has 3 rings (SSSR count). The molecule has 0 fully saturated rings. The van der Waals surface area contributed by atoms with Gasteiger partial charge in [0.15, 0.2) is 0 Å². The van der Waals surface area contributed by atoms with E-state index in [2.05, 4.69) is 5.32 Å². The van der Waals surface area contributed by atoms with Gasteiger partial charge in [-0.25, -0.2) is 9.59 Å². The van der Waals surface area contributed by atoms with Crippen molar-refractivity contribution in [3.63, 3.8) is 0 Å². The van der Waals surface area contributed by atoms with Crippen molar-refractivity contribution < 1.29 is 43.2 Å². The van der Waals surface area contributed by atoms with Crippen LogP contribution in [0.5, 0.6) is 23.0 Å². The number of carbonyl (C=O) groups excluding carboxylic acids is 4. The summed E-state index contributed by atoms with van der Waals surface area (Å²) in [6.45, 7) is 15.2. The van der Waals surface area contributed by atoms with E-state index in [1.54, 1.807) is 53.7 Å². The molecule has 0 aliphatic heterocycles. The van der Waals surface area contributed by atoms with Gasteiger partial charge in [-0.3, -0.25) is 9.59 Å². The van der Waals surface area contributed by atoms with Crippen LogP contribution in [0.15, 0.2) is 66.7 Å². The van der Waals surface area contributed by atoms with Gasteiger partial charge in [-0.2, -0.15) is 0 Å². The number of esters is 4. The summed E-state index contributed by atoms with van der Waals surface area (Å²) in [7, 11) is 0. The lowest BCUT2D eigenvalue weighted by atomic mass is 9.84. The Morgan fingerprint density at radius 2 is 0.979 bits per heavy atom. The predicted octanol–water partition coefficient (Wildman–Crippen LogP) is 6.31. The van der Waals surface area contributed by atoms with Crippen molar-refractivity contribution in [3.05, 3.63) is 83.4 Å². The van der Waals surface area contributed by atoms with Gasteiger partial charge >= 0.3 is 23.9 Å². The molecule has 0 aromatic heterocycles. The molecule has 0 atom stereocenters. The number of nitrogens with one attached hydrogen (secondary N) is 1. The summed E-state index contributed by atoms with van der Waals surface area (Å²) < 4.78 is 22.1. The van der Waals surface area contributed by atoms with Crippen molar-refractivity contribution >= 4 is 36.3 Å². The van der Waals surface area contributed by atoms with Gasteiger partial charge in [-0.1, -0.05) is 13.8 Å². The lowest BCUT2D eigenvalue weighted by molar-refractivity contribution is -0.143. The fourth-order valence-corrected chi connectivity index (χ4v) is 3.83. The van der Waals surface area contributed by atoms with E-state index in [0.29, 0.717) is 30.2 Å². The van der Waals surface area contributed by atoms with Gasteiger partial charge in [0.1, 0.15) is 23.0 Å². The van der Waals surface area contributed by atoms with Gasteiger partial charge < -0.3 is 29.4 Å². The number of halogens is 1. The summed E-state index contributed by atoms with van der Waals surface area (Å²) in [6.07, 6.45) is 0. The maximum absolute atomic E-state index is 13.1. The minimum absolute atomic E-state index is 0. The topological polar surface area (TPSA) is 137 Å². The number of hydrogen-bond acceptors (Lipinski definition) is 10. The zero-order chi connectivity index (χ0) is 34.3. The average molecular weight is 670 g/mol. The molecule has 11 heteroatoms. The first kappa shape index (κ1) is 38.9. The van der Waals surface area contributed by atoms with Crippen LogP contribution in [-0.4, -0.2) is 48.7 Å². The molecule has 0 unspecified atom stereocenters. The first-order chi connectivity index (χ1) is 21.4. The van der Waals surface area contributed by atoms with Gasteiger partial charge in [0.05, 0.1) is 28.6 Å². The molecule has 254 valence electrons. The van der Waals surface area contributed by atoms with E-state index in [0.717, 1.165) is 0 Å². The molecule has 0 bridgehead atoms. The number of ether oxygens (including phenoxy) is 4. The Morgan fingerprint density at radius 1 is 0.596 bits per heavy atom. The van der Waals surface area contributed by atoms with Crippen molar-refractivity contribution in [2.24, 2.45) is 10.8 Å². The first-order valence-corrected chi connectivity index (χ1v) is 15.0. The summed E-state index contributed by atoms with van der Waals surface area (Å²) in [6, 6.07) is 16.8. The molecule has 0 radical (unpaired) electrons. The van der Waals surface area contributed by atoms with Crippen LogP contribution >= 0.6 is 12.4 Å². The van der Waals surface area contributed by atoms with Gasteiger partial charge in [-0.15, -0.1) is 12.4 Å². The molecule has 0 heterocycles. The van der Waals surface area contributed by atoms with Gasteiger partial charge in [0.2, 0.25) is 0 Å². The second-order valence-electron chi connectivity index (χ2n) is 13.6. The molecular formula is C36H44ClNO9. The van der Waals surface area contributed by atoms with Crippen molar-refractivity contribution in [2.75, 3.05) is 19.7 Å². The SMILES string of the molecule is CC(C)(C)C(=O)Oc1ccc(C(=O)Oc2cc(OC(=O)c3ccc(OC(=O)C(C)(C)C)cc3)cc(C(C)(C)CNCCO)c2)cc1.Cl. The normalized spacial score (nSPS) is 11.6. The van der Waals surface area contributed by atoms with Crippen LogP contribution in [0.1, 0.15) is 81.7 Å². The van der Waals surface area contributed by atoms with E-state index >= 15 is 0 Å². The number of aliphatic hydroxyl groups excluding tert-OH is 1. The third-order valence-electron chi connectivity index (χ3n) is 6.76. The van der Waals surface area contributed by atoms with Crippen LogP contribution in [-0.2, 0) is 15.0 Å². The molecule has 0 amide bonds. The number of aliphatic hydroxyl groups is 1. The first-order valence-electron chi connectivity index (χ1n) is 15.0. The molecule has 0 spiro atoms. The largest absolute Gasteiger partial charge is 0.426 e. The molecule has 0 aliphatic carbocycles. The Balaban J connectivity index is 0.00000768. The van der Waals surface area contributed by atoms with Crippen LogP contribution in [0.2, 0.25) is 0 Å². The Kier molecular flexibility index (Phi) is 13.3. The van der Waals surface area contributed by atoms with E-state index < -0.39 is 40.1 Å². The minimum atomic E-state index is -0.685. The van der Waals surface area contributed by atoms with Crippen LogP contribution in [0.25, 0.3) is 0 Å². The molecule has 0 saturated carbocycles. The van der Waals surface area contributed by atoms with Gasteiger partial charge in [-0.05, 0) is 108 Å². The van der Waals surface area contributed by atoms with Crippen LogP contribution in [0, 0.1) is 10.8 Å². The maximum atomic E-state index is 13.1. The second kappa shape index (κ2) is 16.0. The van der Waals surface area contributed by atoms with Crippen molar-refractivity contribution in [3.8, 4) is 23.0 Å². The summed E-state index contributed by atoms with van der Waals surface area (Å²) in [5, 5.41) is 12.4. The number of carbonyl (C=O) groups is 4. The summed E-state index contributed by atoms with van der Waals surface area (Å²) in [4.78, 5) is 50.6. The van der Waals surface area contributed by atoms with E-state index in [1.807, 2.05) is 13.8 Å². The van der Waals surface area contributed by atoms with Gasteiger partial charge in [0, 0.05) is 24.6 Å². The molecule has 0 aliphatic rings. The lowest BCUT2D eigenvalue weighted by Gasteiger charge is -2.26. The molecule has 2 N–H and O–H groups in total. The van der Waals surface area contributed by atoms with E-state index in [1.165, 1.54) is 54.6 Å². The summed E-state index contributed by atoms with van der Waals surface area (Å²) >= 11 is 0. The molecule has 47 heavy (non-hydrogen) atoms. The predicted molar refractivity (Wildman–Crippen MR) is 180 cm³/mol. The Hall–Kier alpha value is -4.25. The number of rotatable bonds is 11. The third kappa shape index (κ3) is 11.5. The number of benzene rings is 3. The third-order valence-corrected chi connectivity index (χ3v) is 6.76. The lowest BCUT2D eigenvalue weighted by Crippen LogP contribution is -2.34. The molecule has 10 nitrogen and oxygen atoms in total. The molecule has 3 aromatic carbocycles. The summed E-state index contributed by atoms with van der Waals surface area (Å²) in [5.41, 5.74) is -0.743. The van der Waals surface area contributed by atoms with Crippen LogP contribution in [0.3, 0.4) is 0 Å². The monoisotopic (exact) mass is 669 g/mol. The Labute approximate surface area is 282 Å². The maximum Gasteiger partial charge on any atom is 0.343 e. The summed E-state index contributed by atoms with van der Waals surface area (Å²) in [5.74, 6) is -1.26. The van der Waals surface area contributed by atoms with E-state index in [9.17, 15) is 24.3 Å². The quantitative estimate of drug-likeness (QED) is 0.136. The highest BCUT2D eigenvalue weighted by molar-refractivity contribution is 5.92. The fraction of sp³-hybridized carbons (Fsp3) is 0.389. The second-order valence-corrected chi connectivity index (χ2v) is 13.6. The van der Waals surface area contributed by atoms with Crippen LogP contribution in [0.4, 0.5) is 0 Å². The van der Waals surface area contributed by atoms with E-state index in [4.69, 9.17) is 18.9 Å². The van der Waals surface area contributed by atoms with Crippen molar-refractivity contribution in [1.29, 1.82) is 0 Å². The highest BCUT2D eigenvalue weighted by Gasteiger charge is 2.26. The molecule has 0 saturated heterocycles. The Morgan fingerprint density at radius 3 is 1.32 bits per heavy atom. The van der Waals surface area contributed by atoms with Crippen LogP contribution < -0.4 is 24.3 Å². The average Bonchev–Trinajstić information content (AvgIpc) is 2.96. The highest BCUT2D eigenvalue weighted by atomic mass is 35.5. The van der Waals surface area contributed by atoms with Crippen molar-refractivity contribution in [1.82, 2.24) is 5.32 Å². The fourth-order valence-electron chi connectivity index (χ4n) is 3.83. The zero-order valence-corrected chi connectivity index (χ0v) is 28.9. The van der Waals surface area contributed by atoms with E-state index in [-0.39, 0.29) is 41.6 Å². The van der Waals surface area contributed by atoms with Crippen molar-refractivity contribution in [2.45, 2.75) is 60.8 Å². The highest BCUT2D eigenvalue weighted by Crippen LogP contribution is 2.32. The zero-order valence-electron chi connectivity index (χ0n) is 28.1. The number of hydrogen-bond donors (Lipinski definition) is 2. The minimum Gasteiger partial charge on any atom is -0.426 e. The molecule has 3 aromatic rings. The standard InChI is InChI=1S/C36H43NO9.ClH/c1-34(2,3)32(41)45-26-13-9-23(10-14-26)30(39)43-28-19-25(36(7,8)22-37-17-18-38)20-29(21-28)44-31(40)24-11-15-27(16-12-24)46-33(42)35(4,5)6;/h9-16,19-21,37-38H,17-18,22H2,1-8H3;1H. The van der Waals surface area contributed by atoms with Gasteiger partial charge in [0.25, 0.3) is 0 Å². The smallest absolute Gasteiger partial charge is 0.343 e. The molecular weight excluding hydrogens is 626 g/mol. The Bertz CT molecular complexity index is 1450.